The minimum atomic E-state index is 0. The SMILES string of the molecule is CCNC(=NCC(C)c1cccc(C)c1)NCCc1nc(C)no1.I. The lowest BCUT2D eigenvalue weighted by Crippen LogP contribution is -2.38. The van der Waals surface area contributed by atoms with Crippen LogP contribution in [0.1, 0.15) is 42.6 Å². The summed E-state index contributed by atoms with van der Waals surface area (Å²) in [6.07, 6.45) is 0.679. The van der Waals surface area contributed by atoms with Gasteiger partial charge in [-0.05, 0) is 26.3 Å². The Kier molecular flexibility index (Phi) is 9.48. The van der Waals surface area contributed by atoms with Crippen LogP contribution in [0, 0.1) is 13.8 Å². The molecule has 1 aromatic heterocycles. The number of aryl methyl sites for hydroxylation is 2. The maximum Gasteiger partial charge on any atom is 0.228 e. The fourth-order valence-corrected chi connectivity index (χ4v) is 2.38. The number of benzene rings is 1. The second-order valence-electron chi connectivity index (χ2n) is 5.95. The minimum absolute atomic E-state index is 0. The number of guanidine groups is 1. The normalized spacial score (nSPS) is 12.4. The van der Waals surface area contributed by atoms with Crippen molar-refractivity contribution in [1.29, 1.82) is 0 Å². The fourth-order valence-electron chi connectivity index (χ4n) is 2.38. The Hall–Kier alpha value is -1.64. The van der Waals surface area contributed by atoms with E-state index in [-0.39, 0.29) is 24.0 Å². The maximum atomic E-state index is 5.11. The summed E-state index contributed by atoms with van der Waals surface area (Å²) in [6.45, 7) is 10.4. The highest BCUT2D eigenvalue weighted by Crippen LogP contribution is 2.16. The summed E-state index contributed by atoms with van der Waals surface area (Å²) in [5, 5.41) is 10.4. The van der Waals surface area contributed by atoms with E-state index >= 15 is 0 Å². The third kappa shape index (κ3) is 7.41. The van der Waals surface area contributed by atoms with Gasteiger partial charge < -0.3 is 15.2 Å². The highest BCUT2D eigenvalue weighted by Gasteiger charge is 2.07. The van der Waals surface area contributed by atoms with Crippen molar-refractivity contribution < 1.29 is 4.52 Å². The number of aromatic nitrogens is 2. The largest absolute Gasteiger partial charge is 0.357 e. The van der Waals surface area contributed by atoms with Crippen molar-refractivity contribution in [2.45, 2.75) is 40.0 Å². The highest BCUT2D eigenvalue weighted by molar-refractivity contribution is 14.0. The molecule has 25 heavy (non-hydrogen) atoms. The summed E-state index contributed by atoms with van der Waals surface area (Å²) < 4.78 is 5.11. The lowest BCUT2D eigenvalue weighted by molar-refractivity contribution is 0.374. The Morgan fingerprint density at radius 3 is 2.72 bits per heavy atom. The van der Waals surface area contributed by atoms with Gasteiger partial charge in [0.2, 0.25) is 5.89 Å². The smallest absolute Gasteiger partial charge is 0.228 e. The van der Waals surface area contributed by atoms with Gasteiger partial charge >= 0.3 is 0 Å². The Morgan fingerprint density at radius 1 is 1.28 bits per heavy atom. The molecule has 0 bridgehead atoms. The third-order valence-electron chi connectivity index (χ3n) is 3.68. The van der Waals surface area contributed by atoms with Crippen molar-refractivity contribution in [3.63, 3.8) is 0 Å². The molecule has 1 unspecified atom stereocenters. The van der Waals surface area contributed by atoms with Crippen molar-refractivity contribution in [1.82, 2.24) is 20.8 Å². The minimum Gasteiger partial charge on any atom is -0.357 e. The number of nitrogens with one attached hydrogen (secondary N) is 2. The number of rotatable bonds is 7. The van der Waals surface area contributed by atoms with Crippen LogP contribution < -0.4 is 10.6 Å². The van der Waals surface area contributed by atoms with Gasteiger partial charge in [-0.2, -0.15) is 4.98 Å². The van der Waals surface area contributed by atoms with E-state index in [1.807, 2.05) is 6.92 Å². The predicted molar refractivity (Wildman–Crippen MR) is 112 cm³/mol. The standard InChI is InChI=1S/C18H27N5O.HI/c1-5-19-18(20-10-9-17-22-15(4)23-24-17)21-12-14(3)16-8-6-7-13(2)11-16;/h6-8,11,14H,5,9-10,12H2,1-4H3,(H2,19,20,21);1H. The van der Waals surface area contributed by atoms with E-state index in [4.69, 9.17) is 4.52 Å². The number of hydrogen-bond acceptors (Lipinski definition) is 4. The van der Waals surface area contributed by atoms with Crippen LogP contribution in [0.4, 0.5) is 0 Å². The molecule has 2 aromatic rings. The highest BCUT2D eigenvalue weighted by atomic mass is 127. The van der Waals surface area contributed by atoms with Gasteiger partial charge in [0, 0.05) is 32.0 Å². The Labute approximate surface area is 166 Å². The summed E-state index contributed by atoms with van der Waals surface area (Å²) in [5.74, 6) is 2.49. The summed E-state index contributed by atoms with van der Waals surface area (Å²) >= 11 is 0. The van der Waals surface area contributed by atoms with E-state index < -0.39 is 0 Å². The molecule has 2 N–H and O–H groups in total. The van der Waals surface area contributed by atoms with E-state index in [0.29, 0.717) is 30.6 Å². The first-order valence-corrected chi connectivity index (χ1v) is 8.46. The number of hydrogen-bond donors (Lipinski definition) is 2. The molecule has 6 nitrogen and oxygen atoms in total. The zero-order valence-electron chi connectivity index (χ0n) is 15.4. The molecular formula is C18H28IN5O. The summed E-state index contributed by atoms with van der Waals surface area (Å²) in [7, 11) is 0. The van der Waals surface area contributed by atoms with Crippen LogP contribution in [0.15, 0.2) is 33.8 Å². The molecule has 0 aliphatic rings. The van der Waals surface area contributed by atoms with Gasteiger partial charge in [-0.25, -0.2) is 0 Å². The number of aliphatic imine (C=N–C) groups is 1. The average Bonchev–Trinajstić information content (AvgIpc) is 2.97. The topological polar surface area (TPSA) is 75.3 Å². The van der Waals surface area contributed by atoms with E-state index in [1.165, 1.54) is 11.1 Å². The lowest BCUT2D eigenvalue weighted by Gasteiger charge is -2.13. The Bertz CT molecular complexity index is 671. The quantitative estimate of drug-likeness (QED) is 0.380. The van der Waals surface area contributed by atoms with Crippen LogP contribution in [-0.2, 0) is 6.42 Å². The molecular weight excluding hydrogens is 429 g/mol. The lowest BCUT2D eigenvalue weighted by atomic mass is 10.00. The van der Waals surface area contributed by atoms with Crippen LogP contribution in [0.5, 0.6) is 0 Å². The summed E-state index contributed by atoms with van der Waals surface area (Å²) in [4.78, 5) is 8.88. The molecule has 0 radical (unpaired) electrons. The first kappa shape index (κ1) is 21.4. The Balaban J connectivity index is 0.00000312. The van der Waals surface area contributed by atoms with Crippen molar-refractivity contribution in [2.75, 3.05) is 19.6 Å². The van der Waals surface area contributed by atoms with Crippen LogP contribution in [-0.4, -0.2) is 35.7 Å². The molecule has 2 rings (SSSR count). The van der Waals surface area contributed by atoms with Gasteiger partial charge in [-0.3, -0.25) is 4.99 Å². The van der Waals surface area contributed by atoms with Gasteiger partial charge in [0.15, 0.2) is 11.8 Å². The van der Waals surface area contributed by atoms with Gasteiger partial charge in [0.05, 0.1) is 0 Å². The van der Waals surface area contributed by atoms with Gasteiger partial charge in [0.25, 0.3) is 0 Å². The molecule has 1 heterocycles. The van der Waals surface area contributed by atoms with Crippen molar-refractivity contribution in [2.24, 2.45) is 4.99 Å². The van der Waals surface area contributed by atoms with E-state index in [1.54, 1.807) is 0 Å². The number of nitrogens with zero attached hydrogens (tertiary/aromatic N) is 3. The fraction of sp³-hybridized carbons (Fsp3) is 0.500. The summed E-state index contributed by atoms with van der Waals surface area (Å²) in [6, 6.07) is 8.59. The molecule has 0 aliphatic heterocycles. The number of halogens is 1. The second-order valence-corrected chi connectivity index (χ2v) is 5.95. The molecule has 138 valence electrons. The molecule has 0 fully saturated rings. The van der Waals surface area contributed by atoms with Crippen LogP contribution in [0.2, 0.25) is 0 Å². The third-order valence-corrected chi connectivity index (χ3v) is 3.68. The van der Waals surface area contributed by atoms with E-state index in [2.05, 4.69) is 70.8 Å². The molecule has 0 aliphatic carbocycles. The monoisotopic (exact) mass is 457 g/mol. The van der Waals surface area contributed by atoms with Gasteiger partial charge in [-0.1, -0.05) is 41.9 Å². The van der Waals surface area contributed by atoms with Crippen molar-refractivity contribution >= 4 is 29.9 Å². The van der Waals surface area contributed by atoms with E-state index in [0.717, 1.165) is 19.0 Å². The molecule has 0 amide bonds. The van der Waals surface area contributed by atoms with Crippen molar-refractivity contribution in [3.8, 4) is 0 Å². The first-order chi connectivity index (χ1) is 11.6. The van der Waals surface area contributed by atoms with E-state index in [9.17, 15) is 0 Å². The summed E-state index contributed by atoms with van der Waals surface area (Å²) in [5.41, 5.74) is 2.60. The molecule has 0 saturated carbocycles. The van der Waals surface area contributed by atoms with Gasteiger partial charge in [0.1, 0.15) is 0 Å². The zero-order chi connectivity index (χ0) is 17.4. The molecule has 7 heteroatoms. The van der Waals surface area contributed by atoms with Crippen molar-refractivity contribution in [3.05, 3.63) is 47.1 Å². The molecule has 0 spiro atoms. The zero-order valence-corrected chi connectivity index (χ0v) is 17.7. The molecule has 1 aromatic carbocycles. The molecule has 0 saturated heterocycles. The van der Waals surface area contributed by atoms with Crippen LogP contribution in [0.3, 0.4) is 0 Å². The van der Waals surface area contributed by atoms with Crippen LogP contribution in [0.25, 0.3) is 0 Å². The van der Waals surface area contributed by atoms with Gasteiger partial charge in [-0.15, -0.1) is 24.0 Å². The van der Waals surface area contributed by atoms with Crippen LogP contribution >= 0.6 is 24.0 Å². The average molecular weight is 457 g/mol. The second kappa shape index (κ2) is 11.1. The Morgan fingerprint density at radius 2 is 2.08 bits per heavy atom. The maximum absolute atomic E-state index is 5.11. The molecule has 1 atom stereocenters. The predicted octanol–water partition coefficient (Wildman–Crippen LogP) is 3.21. The first-order valence-electron chi connectivity index (χ1n) is 8.46.